The number of rotatable bonds is 3. The summed E-state index contributed by atoms with van der Waals surface area (Å²) in [6.07, 6.45) is 0. The number of anilines is 1. The molecule has 0 fully saturated rings. The van der Waals surface area contributed by atoms with Gasteiger partial charge in [0.2, 0.25) is 0 Å². The maximum Gasteiger partial charge on any atom is 0.254 e. The Balaban J connectivity index is 2.96. The Morgan fingerprint density at radius 2 is 1.88 bits per heavy atom. The molecule has 1 rings (SSSR count). The molecule has 0 spiro atoms. The molecule has 17 heavy (non-hydrogen) atoms. The molecule has 0 saturated heterocycles. The first-order chi connectivity index (χ1) is 7.84. The van der Waals surface area contributed by atoms with Crippen LogP contribution in [0.15, 0.2) is 18.2 Å². The summed E-state index contributed by atoms with van der Waals surface area (Å²) in [6, 6.07) is 5.63. The third kappa shape index (κ3) is 2.99. The van der Waals surface area contributed by atoms with Crippen LogP contribution < -0.4 is 5.73 Å². The van der Waals surface area contributed by atoms with Crippen molar-refractivity contribution in [1.82, 2.24) is 4.90 Å². The number of hydrogen-bond acceptors (Lipinski definition) is 2. The average Bonchev–Trinajstić information content (AvgIpc) is 2.26. The van der Waals surface area contributed by atoms with Crippen LogP contribution in [-0.4, -0.2) is 23.9 Å². The fourth-order valence-corrected chi connectivity index (χ4v) is 1.75. The van der Waals surface area contributed by atoms with Gasteiger partial charge in [0.1, 0.15) is 0 Å². The molecule has 1 atom stereocenters. The van der Waals surface area contributed by atoms with E-state index in [0.29, 0.717) is 11.6 Å². The molecule has 0 aromatic heterocycles. The molecule has 1 aromatic carbocycles. The summed E-state index contributed by atoms with van der Waals surface area (Å²) in [7, 11) is 1.85. The summed E-state index contributed by atoms with van der Waals surface area (Å²) in [5, 5.41) is 0. The van der Waals surface area contributed by atoms with Gasteiger partial charge in [0.25, 0.3) is 5.91 Å². The van der Waals surface area contributed by atoms with Crippen LogP contribution >= 0.6 is 0 Å². The largest absolute Gasteiger partial charge is 0.399 e. The Bertz CT molecular complexity index is 413. The van der Waals surface area contributed by atoms with E-state index in [1.165, 1.54) is 0 Å². The predicted octanol–water partition coefficient (Wildman–Crippen LogP) is 2.69. The van der Waals surface area contributed by atoms with Crippen LogP contribution in [0.2, 0.25) is 0 Å². The van der Waals surface area contributed by atoms with E-state index in [0.717, 1.165) is 11.1 Å². The van der Waals surface area contributed by atoms with Crippen molar-refractivity contribution in [2.45, 2.75) is 33.7 Å². The molecule has 0 saturated carbocycles. The maximum atomic E-state index is 12.3. The molecule has 0 heterocycles. The zero-order valence-corrected chi connectivity index (χ0v) is 11.3. The van der Waals surface area contributed by atoms with E-state index in [4.69, 9.17) is 5.73 Å². The zero-order valence-electron chi connectivity index (χ0n) is 11.3. The van der Waals surface area contributed by atoms with Gasteiger partial charge in [0, 0.05) is 24.3 Å². The van der Waals surface area contributed by atoms with Gasteiger partial charge in [-0.15, -0.1) is 0 Å². The van der Waals surface area contributed by atoms with E-state index in [1.807, 2.05) is 20.0 Å². The minimum absolute atomic E-state index is 0.0590. The lowest BCUT2D eigenvalue weighted by Gasteiger charge is -2.28. The molecular formula is C14H22N2O. The molecule has 3 nitrogen and oxygen atoms in total. The van der Waals surface area contributed by atoms with E-state index in [-0.39, 0.29) is 11.9 Å². The molecule has 0 radical (unpaired) electrons. The topological polar surface area (TPSA) is 46.3 Å². The minimum Gasteiger partial charge on any atom is -0.399 e. The number of aryl methyl sites for hydroxylation is 1. The van der Waals surface area contributed by atoms with Gasteiger partial charge in [-0.2, -0.15) is 0 Å². The van der Waals surface area contributed by atoms with Crippen molar-refractivity contribution in [3.8, 4) is 0 Å². The summed E-state index contributed by atoms with van der Waals surface area (Å²) in [5.41, 5.74) is 8.04. The molecule has 1 aromatic rings. The Kier molecular flexibility index (Phi) is 4.16. The number of benzene rings is 1. The summed E-state index contributed by atoms with van der Waals surface area (Å²) < 4.78 is 0. The Labute approximate surface area is 104 Å². The maximum absolute atomic E-state index is 12.3. The Morgan fingerprint density at radius 3 is 2.35 bits per heavy atom. The van der Waals surface area contributed by atoms with Gasteiger partial charge >= 0.3 is 0 Å². The fraction of sp³-hybridized carbons (Fsp3) is 0.500. The summed E-state index contributed by atoms with van der Waals surface area (Å²) in [6.45, 7) is 8.21. The van der Waals surface area contributed by atoms with E-state index in [2.05, 4.69) is 20.8 Å². The molecule has 94 valence electrons. The average molecular weight is 234 g/mol. The van der Waals surface area contributed by atoms with Crippen LogP contribution in [0.5, 0.6) is 0 Å². The molecule has 2 N–H and O–H groups in total. The highest BCUT2D eigenvalue weighted by Gasteiger charge is 2.20. The quantitative estimate of drug-likeness (QED) is 0.817. The van der Waals surface area contributed by atoms with Gasteiger partial charge in [-0.3, -0.25) is 4.79 Å². The lowest BCUT2D eigenvalue weighted by molar-refractivity contribution is 0.0706. The molecule has 0 aliphatic rings. The van der Waals surface area contributed by atoms with Crippen molar-refractivity contribution >= 4 is 11.6 Å². The van der Waals surface area contributed by atoms with E-state index >= 15 is 0 Å². The number of nitrogens with two attached hydrogens (primary N) is 1. The molecule has 0 bridgehead atoms. The summed E-state index contributed by atoms with van der Waals surface area (Å²) in [5.74, 6) is 0.502. The van der Waals surface area contributed by atoms with Gasteiger partial charge < -0.3 is 10.6 Å². The second kappa shape index (κ2) is 5.21. The zero-order chi connectivity index (χ0) is 13.2. The van der Waals surface area contributed by atoms with Crippen LogP contribution in [0.4, 0.5) is 5.69 Å². The monoisotopic (exact) mass is 234 g/mol. The van der Waals surface area contributed by atoms with Crippen molar-refractivity contribution in [2.75, 3.05) is 12.8 Å². The number of hydrogen-bond donors (Lipinski definition) is 1. The van der Waals surface area contributed by atoms with Crippen LogP contribution in [0.1, 0.15) is 36.7 Å². The summed E-state index contributed by atoms with van der Waals surface area (Å²) in [4.78, 5) is 14.1. The normalized spacial score (nSPS) is 12.6. The number of nitrogen functional groups attached to an aromatic ring is 1. The molecule has 3 heteroatoms. The summed E-state index contributed by atoms with van der Waals surface area (Å²) >= 11 is 0. The third-order valence-corrected chi connectivity index (χ3v) is 3.38. The molecule has 0 aliphatic carbocycles. The number of carbonyl (C=O) groups excluding carboxylic acids is 1. The van der Waals surface area contributed by atoms with Crippen LogP contribution in [0.25, 0.3) is 0 Å². The lowest BCUT2D eigenvalue weighted by atomic mass is 10.0. The van der Waals surface area contributed by atoms with Gasteiger partial charge in [0.15, 0.2) is 0 Å². The van der Waals surface area contributed by atoms with E-state index in [9.17, 15) is 4.79 Å². The van der Waals surface area contributed by atoms with Crippen LogP contribution in [0, 0.1) is 12.8 Å². The molecule has 1 amide bonds. The van der Waals surface area contributed by atoms with E-state index in [1.54, 1.807) is 17.0 Å². The Hall–Kier alpha value is -1.51. The van der Waals surface area contributed by atoms with E-state index < -0.39 is 0 Å². The number of nitrogens with zero attached hydrogens (tertiary/aromatic N) is 1. The minimum atomic E-state index is 0.0590. The molecular weight excluding hydrogens is 212 g/mol. The highest BCUT2D eigenvalue weighted by molar-refractivity contribution is 5.96. The first-order valence-corrected chi connectivity index (χ1v) is 5.98. The highest BCUT2D eigenvalue weighted by Crippen LogP contribution is 2.17. The molecule has 1 unspecified atom stereocenters. The lowest BCUT2D eigenvalue weighted by Crippen LogP contribution is -2.38. The fourth-order valence-electron chi connectivity index (χ4n) is 1.75. The second-order valence-corrected chi connectivity index (χ2v) is 4.98. The van der Waals surface area contributed by atoms with Crippen LogP contribution in [0.3, 0.4) is 0 Å². The standard InChI is InChI=1S/C14H22N2O/c1-9(2)11(4)16(5)14(17)13-7-6-12(15)8-10(13)3/h6-9,11H,15H2,1-5H3. The number of carbonyl (C=O) groups is 1. The second-order valence-electron chi connectivity index (χ2n) is 4.98. The van der Waals surface area contributed by atoms with Gasteiger partial charge in [-0.05, 0) is 43.5 Å². The van der Waals surface area contributed by atoms with Gasteiger partial charge in [0.05, 0.1) is 0 Å². The third-order valence-electron chi connectivity index (χ3n) is 3.38. The SMILES string of the molecule is Cc1cc(N)ccc1C(=O)N(C)C(C)C(C)C. The first kappa shape index (κ1) is 13.6. The van der Waals surface area contributed by atoms with Crippen molar-refractivity contribution in [2.24, 2.45) is 5.92 Å². The highest BCUT2D eigenvalue weighted by atomic mass is 16.2. The van der Waals surface area contributed by atoms with Gasteiger partial charge in [-0.1, -0.05) is 13.8 Å². The van der Waals surface area contributed by atoms with Crippen molar-refractivity contribution in [3.05, 3.63) is 29.3 Å². The van der Waals surface area contributed by atoms with Crippen molar-refractivity contribution in [1.29, 1.82) is 0 Å². The van der Waals surface area contributed by atoms with Crippen molar-refractivity contribution < 1.29 is 4.79 Å². The smallest absolute Gasteiger partial charge is 0.254 e. The van der Waals surface area contributed by atoms with Crippen LogP contribution in [-0.2, 0) is 0 Å². The Morgan fingerprint density at radius 1 is 1.29 bits per heavy atom. The number of amides is 1. The predicted molar refractivity (Wildman–Crippen MR) is 72.0 cm³/mol. The first-order valence-electron chi connectivity index (χ1n) is 5.98. The van der Waals surface area contributed by atoms with Gasteiger partial charge in [-0.25, -0.2) is 0 Å². The molecule has 0 aliphatic heterocycles. The van der Waals surface area contributed by atoms with Crippen molar-refractivity contribution in [3.63, 3.8) is 0 Å².